The van der Waals surface area contributed by atoms with E-state index in [1.807, 2.05) is 0 Å². The van der Waals surface area contributed by atoms with Crippen molar-refractivity contribution in [3.8, 4) is 11.3 Å². The number of hydrogen-bond acceptors (Lipinski definition) is 6. The third kappa shape index (κ3) is 4.98. The molecule has 162 valence electrons. The predicted molar refractivity (Wildman–Crippen MR) is 118 cm³/mol. The molecule has 0 fully saturated rings. The zero-order chi connectivity index (χ0) is 22.5. The van der Waals surface area contributed by atoms with E-state index in [4.69, 9.17) is 11.6 Å². The van der Waals surface area contributed by atoms with E-state index in [2.05, 4.69) is 31.0 Å². The van der Waals surface area contributed by atoms with Gasteiger partial charge in [-0.25, -0.2) is 4.98 Å². The van der Waals surface area contributed by atoms with Crippen molar-refractivity contribution in [3.05, 3.63) is 75.8 Å². The topological polar surface area (TPSA) is 135 Å². The molecule has 0 aliphatic rings. The molecule has 0 aliphatic heterocycles. The fraction of sp³-hybridized carbons (Fsp3) is 0.143. The summed E-state index contributed by atoms with van der Waals surface area (Å²) < 4.78 is 1.21. The number of fused-ring (bicyclic) bond motifs is 1. The molecule has 10 nitrogen and oxygen atoms in total. The molecule has 2 amide bonds. The van der Waals surface area contributed by atoms with E-state index < -0.39 is 0 Å². The summed E-state index contributed by atoms with van der Waals surface area (Å²) in [5.41, 5.74) is 2.59. The summed E-state index contributed by atoms with van der Waals surface area (Å²) in [6, 6.07) is 13.3. The Morgan fingerprint density at radius 1 is 0.969 bits per heavy atom. The van der Waals surface area contributed by atoms with Crippen molar-refractivity contribution in [2.24, 2.45) is 0 Å². The molecule has 0 spiro atoms. The van der Waals surface area contributed by atoms with E-state index >= 15 is 0 Å². The zero-order valence-corrected chi connectivity index (χ0v) is 17.5. The van der Waals surface area contributed by atoms with Crippen LogP contribution >= 0.6 is 11.6 Å². The van der Waals surface area contributed by atoms with Gasteiger partial charge in [0.15, 0.2) is 0 Å². The first-order valence-electron chi connectivity index (χ1n) is 9.67. The van der Waals surface area contributed by atoms with Crippen molar-refractivity contribution in [1.29, 1.82) is 0 Å². The van der Waals surface area contributed by atoms with Crippen molar-refractivity contribution in [2.75, 3.05) is 13.1 Å². The van der Waals surface area contributed by atoms with Crippen LogP contribution in [0.25, 0.3) is 22.3 Å². The molecule has 0 atom stereocenters. The Morgan fingerprint density at radius 3 is 2.50 bits per heavy atom. The van der Waals surface area contributed by atoms with E-state index in [1.165, 1.54) is 17.0 Å². The second-order valence-electron chi connectivity index (χ2n) is 6.88. The van der Waals surface area contributed by atoms with Gasteiger partial charge >= 0.3 is 0 Å². The first-order chi connectivity index (χ1) is 15.5. The summed E-state index contributed by atoms with van der Waals surface area (Å²) in [5.74, 6) is -0.659. The van der Waals surface area contributed by atoms with Crippen molar-refractivity contribution < 1.29 is 9.59 Å². The van der Waals surface area contributed by atoms with E-state index in [1.54, 1.807) is 42.5 Å². The Labute approximate surface area is 186 Å². The number of benzene rings is 2. The summed E-state index contributed by atoms with van der Waals surface area (Å²) in [5, 5.41) is 16.3. The fourth-order valence-corrected chi connectivity index (χ4v) is 3.12. The fourth-order valence-electron chi connectivity index (χ4n) is 3.00. The number of carbonyl (C=O) groups excluding carboxylic acids is 2. The van der Waals surface area contributed by atoms with Crippen LogP contribution in [0.3, 0.4) is 0 Å². The van der Waals surface area contributed by atoms with Gasteiger partial charge in [0.25, 0.3) is 11.5 Å². The number of rotatable bonds is 7. The lowest BCUT2D eigenvalue weighted by molar-refractivity contribution is -0.121. The summed E-state index contributed by atoms with van der Waals surface area (Å²) in [6.07, 6.45) is 1.33. The Bertz CT molecular complexity index is 1330. The molecule has 0 saturated heterocycles. The highest BCUT2D eigenvalue weighted by atomic mass is 35.5. The standard InChI is InChI=1S/C21H18ClN7O3/c22-15-4-1-13(2-5-15)17-10-20(31)29(12-25-17)11-19(30)23-7-8-24-21(32)14-3-6-16-18(9-14)27-28-26-16/h1-6,9-10,12H,7-8,11H2,(H,23,30)(H,24,32)(H,26,27,28). The highest BCUT2D eigenvalue weighted by Gasteiger charge is 2.09. The molecule has 3 N–H and O–H groups in total. The normalized spacial score (nSPS) is 10.8. The number of H-pyrrole nitrogens is 1. The Balaban J connectivity index is 1.26. The smallest absolute Gasteiger partial charge is 0.254 e. The molecule has 0 saturated carbocycles. The maximum Gasteiger partial charge on any atom is 0.254 e. The Morgan fingerprint density at radius 2 is 1.72 bits per heavy atom. The van der Waals surface area contributed by atoms with Crippen LogP contribution in [0.4, 0.5) is 0 Å². The van der Waals surface area contributed by atoms with Gasteiger partial charge in [-0.3, -0.25) is 19.0 Å². The number of halogens is 1. The first kappa shape index (κ1) is 21.2. The van der Waals surface area contributed by atoms with Crippen molar-refractivity contribution >= 4 is 34.4 Å². The molecule has 0 unspecified atom stereocenters. The highest BCUT2D eigenvalue weighted by Crippen LogP contribution is 2.18. The second-order valence-corrected chi connectivity index (χ2v) is 7.32. The van der Waals surface area contributed by atoms with Crippen LogP contribution in [-0.4, -0.2) is 49.9 Å². The minimum Gasteiger partial charge on any atom is -0.353 e. The Hall–Kier alpha value is -4.05. The van der Waals surface area contributed by atoms with Crippen LogP contribution in [0.5, 0.6) is 0 Å². The summed E-state index contributed by atoms with van der Waals surface area (Å²) >= 11 is 5.87. The van der Waals surface area contributed by atoms with Crippen molar-refractivity contribution in [1.82, 2.24) is 35.6 Å². The number of hydrogen-bond donors (Lipinski definition) is 3. The van der Waals surface area contributed by atoms with Gasteiger partial charge in [0.05, 0.1) is 12.0 Å². The lowest BCUT2D eigenvalue weighted by Gasteiger charge is -2.09. The average Bonchev–Trinajstić information content (AvgIpc) is 3.26. The van der Waals surface area contributed by atoms with Crippen LogP contribution in [0.15, 0.2) is 59.7 Å². The van der Waals surface area contributed by atoms with E-state index in [0.717, 1.165) is 5.56 Å². The minimum absolute atomic E-state index is 0.177. The van der Waals surface area contributed by atoms with Gasteiger partial charge in [-0.05, 0) is 30.3 Å². The predicted octanol–water partition coefficient (Wildman–Crippen LogP) is 1.38. The number of nitrogens with one attached hydrogen (secondary N) is 3. The van der Waals surface area contributed by atoms with Crippen LogP contribution in [0, 0.1) is 0 Å². The second kappa shape index (κ2) is 9.40. The minimum atomic E-state index is -0.369. The van der Waals surface area contributed by atoms with Crippen LogP contribution in [-0.2, 0) is 11.3 Å². The molecule has 2 aromatic heterocycles. The first-order valence-corrected chi connectivity index (χ1v) is 10.1. The average molecular weight is 452 g/mol. The number of aromatic nitrogens is 5. The maximum atomic E-state index is 12.3. The molecular weight excluding hydrogens is 434 g/mol. The molecule has 32 heavy (non-hydrogen) atoms. The van der Waals surface area contributed by atoms with Crippen LogP contribution in [0.1, 0.15) is 10.4 Å². The lowest BCUT2D eigenvalue weighted by atomic mass is 10.1. The summed E-state index contributed by atoms with van der Waals surface area (Å²) in [6.45, 7) is 0.259. The molecule has 2 heterocycles. The molecule has 4 aromatic rings. The van der Waals surface area contributed by atoms with Gasteiger partial charge in [-0.2, -0.15) is 15.4 Å². The molecule has 0 radical (unpaired) electrons. The molecule has 4 rings (SSSR count). The van der Waals surface area contributed by atoms with Crippen LogP contribution in [0.2, 0.25) is 5.02 Å². The van der Waals surface area contributed by atoms with Crippen molar-refractivity contribution in [3.63, 3.8) is 0 Å². The van der Waals surface area contributed by atoms with Gasteiger partial charge in [0.1, 0.15) is 17.6 Å². The third-order valence-corrected chi connectivity index (χ3v) is 4.90. The molecular formula is C21H18ClN7O3. The number of amides is 2. The quantitative estimate of drug-likeness (QED) is 0.363. The number of aromatic amines is 1. The van der Waals surface area contributed by atoms with Gasteiger partial charge in [-0.15, -0.1) is 0 Å². The maximum absolute atomic E-state index is 12.3. The summed E-state index contributed by atoms with van der Waals surface area (Å²) in [7, 11) is 0. The molecule has 0 aliphatic carbocycles. The SMILES string of the molecule is O=C(Cn1cnc(-c2ccc(Cl)cc2)cc1=O)NCCNC(=O)c1ccc2n[nH]nc2c1. The zero-order valence-electron chi connectivity index (χ0n) is 16.7. The number of nitrogens with zero attached hydrogens (tertiary/aromatic N) is 4. The van der Waals surface area contributed by atoms with E-state index in [-0.39, 0.29) is 37.0 Å². The number of carbonyl (C=O) groups is 2. The molecule has 0 bridgehead atoms. The van der Waals surface area contributed by atoms with Gasteiger partial charge in [0, 0.05) is 35.3 Å². The van der Waals surface area contributed by atoms with Crippen LogP contribution < -0.4 is 16.2 Å². The van der Waals surface area contributed by atoms with Gasteiger partial charge < -0.3 is 10.6 Å². The monoisotopic (exact) mass is 451 g/mol. The van der Waals surface area contributed by atoms with E-state index in [0.29, 0.717) is 27.3 Å². The summed E-state index contributed by atoms with van der Waals surface area (Å²) in [4.78, 5) is 40.9. The largest absolute Gasteiger partial charge is 0.353 e. The lowest BCUT2D eigenvalue weighted by Crippen LogP contribution is -2.37. The Kier molecular flexibility index (Phi) is 6.22. The third-order valence-electron chi connectivity index (χ3n) is 4.64. The van der Waals surface area contributed by atoms with E-state index in [9.17, 15) is 14.4 Å². The van der Waals surface area contributed by atoms with Gasteiger partial charge in [-0.1, -0.05) is 23.7 Å². The molecule has 11 heteroatoms. The highest BCUT2D eigenvalue weighted by molar-refractivity contribution is 6.30. The molecule has 2 aromatic carbocycles. The van der Waals surface area contributed by atoms with Gasteiger partial charge in [0.2, 0.25) is 5.91 Å². The van der Waals surface area contributed by atoms with Crippen molar-refractivity contribution in [2.45, 2.75) is 6.54 Å².